The molecule has 0 saturated carbocycles. The van der Waals surface area contributed by atoms with Gasteiger partial charge in [0.1, 0.15) is 5.75 Å². The second kappa shape index (κ2) is 7.30. The molecule has 0 fully saturated rings. The first-order chi connectivity index (χ1) is 12.0. The van der Waals surface area contributed by atoms with E-state index < -0.39 is 11.6 Å². The van der Waals surface area contributed by atoms with Crippen molar-refractivity contribution >= 4 is 16.7 Å². The summed E-state index contributed by atoms with van der Waals surface area (Å²) in [4.78, 5) is 12.0. The number of rotatable bonds is 5. The van der Waals surface area contributed by atoms with E-state index in [-0.39, 0.29) is 24.3 Å². The van der Waals surface area contributed by atoms with Gasteiger partial charge in [0.05, 0.1) is 6.04 Å². The zero-order chi connectivity index (χ0) is 17.8. The van der Waals surface area contributed by atoms with E-state index in [1.54, 1.807) is 0 Å². The van der Waals surface area contributed by atoms with Crippen LogP contribution in [-0.2, 0) is 4.79 Å². The molecule has 3 rings (SSSR count). The van der Waals surface area contributed by atoms with Crippen molar-refractivity contribution in [1.82, 2.24) is 5.32 Å². The van der Waals surface area contributed by atoms with Gasteiger partial charge < -0.3 is 10.1 Å². The molecule has 3 nitrogen and oxygen atoms in total. The van der Waals surface area contributed by atoms with Gasteiger partial charge in [0.25, 0.3) is 5.91 Å². The molecule has 5 heteroatoms. The van der Waals surface area contributed by atoms with Crippen LogP contribution in [0.1, 0.15) is 18.5 Å². The van der Waals surface area contributed by atoms with Crippen LogP contribution in [0.5, 0.6) is 5.75 Å². The Balaban J connectivity index is 1.60. The molecule has 128 valence electrons. The fourth-order valence-electron chi connectivity index (χ4n) is 2.56. The molecular weight excluding hydrogens is 324 g/mol. The first kappa shape index (κ1) is 16.9. The van der Waals surface area contributed by atoms with Gasteiger partial charge in [0, 0.05) is 6.07 Å². The van der Waals surface area contributed by atoms with Crippen LogP contribution in [0.2, 0.25) is 0 Å². The zero-order valence-electron chi connectivity index (χ0n) is 13.6. The molecule has 0 saturated heterocycles. The smallest absolute Gasteiger partial charge is 0.258 e. The Bertz CT molecular complexity index is 911. The quantitative estimate of drug-likeness (QED) is 0.748. The first-order valence-corrected chi connectivity index (χ1v) is 7.89. The average molecular weight is 341 g/mol. The lowest BCUT2D eigenvalue weighted by Gasteiger charge is -2.15. The van der Waals surface area contributed by atoms with Gasteiger partial charge in [0.2, 0.25) is 0 Å². The molecule has 0 aliphatic heterocycles. The van der Waals surface area contributed by atoms with Crippen LogP contribution < -0.4 is 10.1 Å². The van der Waals surface area contributed by atoms with Crippen molar-refractivity contribution < 1.29 is 18.3 Å². The Morgan fingerprint density at radius 1 is 1.00 bits per heavy atom. The lowest BCUT2D eigenvalue weighted by molar-refractivity contribution is -0.123. The van der Waals surface area contributed by atoms with Gasteiger partial charge in [-0.05, 0) is 41.5 Å². The van der Waals surface area contributed by atoms with E-state index in [1.165, 1.54) is 6.07 Å². The standard InChI is InChI=1S/C20H17F2NO2/c1-13(15-7-6-14-4-2-3-5-16(14)10-15)23-20(24)12-25-17-8-9-18(21)19(22)11-17/h2-11,13H,12H2,1H3,(H,23,24)/t13-/m1/s1. The highest BCUT2D eigenvalue weighted by Crippen LogP contribution is 2.20. The van der Waals surface area contributed by atoms with E-state index in [2.05, 4.69) is 5.32 Å². The van der Waals surface area contributed by atoms with Crippen molar-refractivity contribution in [1.29, 1.82) is 0 Å². The van der Waals surface area contributed by atoms with Crippen LogP contribution in [0.3, 0.4) is 0 Å². The SMILES string of the molecule is C[C@@H](NC(=O)COc1ccc(F)c(F)c1)c1ccc2ccccc2c1. The van der Waals surface area contributed by atoms with Crippen molar-refractivity contribution in [2.24, 2.45) is 0 Å². The molecule has 0 radical (unpaired) electrons. The Morgan fingerprint density at radius 2 is 1.76 bits per heavy atom. The van der Waals surface area contributed by atoms with Gasteiger partial charge in [-0.15, -0.1) is 0 Å². The Morgan fingerprint density at radius 3 is 2.52 bits per heavy atom. The van der Waals surface area contributed by atoms with Crippen molar-refractivity contribution in [3.05, 3.63) is 77.9 Å². The van der Waals surface area contributed by atoms with Gasteiger partial charge in [-0.25, -0.2) is 8.78 Å². The van der Waals surface area contributed by atoms with Crippen molar-refractivity contribution in [3.63, 3.8) is 0 Å². The minimum absolute atomic E-state index is 0.104. The van der Waals surface area contributed by atoms with Crippen molar-refractivity contribution in [2.75, 3.05) is 6.61 Å². The number of carbonyl (C=O) groups is 1. The number of hydrogen-bond donors (Lipinski definition) is 1. The van der Waals surface area contributed by atoms with Gasteiger partial charge in [0.15, 0.2) is 18.2 Å². The molecule has 0 aliphatic carbocycles. The third-order valence-electron chi connectivity index (χ3n) is 3.91. The van der Waals surface area contributed by atoms with E-state index >= 15 is 0 Å². The summed E-state index contributed by atoms with van der Waals surface area (Å²) in [7, 11) is 0. The number of ether oxygens (including phenoxy) is 1. The largest absolute Gasteiger partial charge is 0.484 e. The fraction of sp³-hybridized carbons (Fsp3) is 0.150. The third-order valence-corrected chi connectivity index (χ3v) is 3.91. The summed E-state index contributed by atoms with van der Waals surface area (Å²) in [5, 5.41) is 5.05. The fourth-order valence-corrected chi connectivity index (χ4v) is 2.56. The van der Waals surface area contributed by atoms with Crippen LogP contribution in [0, 0.1) is 11.6 Å². The summed E-state index contributed by atoms with van der Waals surface area (Å²) in [6.45, 7) is 1.60. The molecule has 0 heterocycles. The Kier molecular flexibility index (Phi) is 4.93. The molecule has 25 heavy (non-hydrogen) atoms. The normalized spacial score (nSPS) is 12.0. The molecule has 1 atom stereocenters. The summed E-state index contributed by atoms with van der Waals surface area (Å²) in [6.07, 6.45) is 0. The Hall–Kier alpha value is -2.95. The lowest BCUT2D eigenvalue weighted by atomic mass is 10.0. The molecule has 0 spiro atoms. The minimum Gasteiger partial charge on any atom is -0.484 e. The predicted octanol–water partition coefficient (Wildman–Crippen LogP) is 4.37. The molecule has 1 N–H and O–H groups in total. The van der Waals surface area contributed by atoms with Crippen molar-refractivity contribution in [3.8, 4) is 5.75 Å². The molecule has 1 amide bonds. The van der Waals surface area contributed by atoms with Crippen LogP contribution >= 0.6 is 0 Å². The topological polar surface area (TPSA) is 38.3 Å². The summed E-state index contributed by atoms with van der Waals surface area (Å²) in [5.41, 5.74) is 0.972. The van der Waals surface area contributed by atoms with E-state index in [1.807, 2.05) is 49.4 Å². The monoisotopic (exact) mass is 341 g/mol. The van der Waals surface area contributed by atoms with E-state index in [4.69, 9.17) is 4.74 Å². The minimum atomic E-state index is -1.01. The number of carbonyl (C=O) groups excluding carboxylic acids is 1. The number of benzene rings is 3. The van der Waals surface area contributed by atoms with Gasteiger partial charge in [-0.2, -0.15) is 0 Å². The summed E-state index contributed by atoms with van der Waals surface area (Å²) in [5.74, 6) is -2.21. The van der Waals surface area contributed by atoms with Crippen LogP contribution in [0.15, 0.2) is 60.7 Å². The van der Waals surface area contributed by atoms with Crippen molar-refractivity contribution in [2.45, 2.75) is 13.0 Å². The van der Waals surface area contributed by atoms with Gasteiger partial charge in [-0.1, -0.05) is 36.4 Å². The molecule has 0 bridgehead atoms. The average Bonchev–Trinajstić information content (AvgIpc) is 2.62. The highest BCUT2D eigenvalue weighted by molar-refractivity contribution is 5.83. The molecule has 3 aromatic rings. The number of fused-ring (bicyclic) bond motifs is 1. The maximum Gasteiger partial charge on any atom is 0.258 e. The molecule has 0 aliphatic rings. The number of amides is 1. The third kappa shape index (κ3) is 4.12. The summed E-state index contributed by atoms with van der Waals surface area (Å²) in [6, 6.07) is 16.9. The number of halogens is 2. The zero-order valence-corrected chi connectivity index (χ0v) is 13.6. The molecule has 3 aromatic carbocycles. The van der Waals surface area contributed by atoms with Crippen LogP contribution in [0.4, 0.5) is 8.78 Å². The molecular formula is C20H17F2NO2. The summed E-state index contributed by atoms with van der Waals surface area (Å²) < 4.78 is 31.2. The maximum atomic E-state index is 13.1. The van der Waals surface area contributed by atoms with E-state index in [0.717, 1.165) is 28.5 Å². The van der Waals surface area contributed by atoms with Crippen LogP contribution in [-0.4, -0.2) is 12.5 Å². The second-order valence-electron chi connectivity index (χ2n) is 5.76. The first-order valence-electron chi connectivity index (χ1n) is 7.89. The van der Waals surface area contributed by atoms with Gasteiger partial charge >= 0.3 is 0 Å². The van der Waals surface area contributed by atoms with E-state index in [0.29, 0.717) is 0 Å². The lowest BCUT2D eigenvalue weighted by Crippen LogP contribution is -2.31. The van der Waals surface area contributed by atoms with Crippen LogP contribution in [0.25, 0.3) is 10.8 Å². The number of nitrogens with one attached hydrogen (secondary N) is 1. The predicted molar refractivity (Wildman–Crippen MR) is 92.4 cm³/mol. The van der Waals surface area contributed by atoms with E-state index in [9.17, 15) is 13.6 Å². The maximum absolute atomic E-state index is 13.1. The molecule has 0 unspecified atom stereocenters. The second-order valence-corrected chi connectivity index (χ2v) is 5.76. The summed E-state index contributed by atoms with van der Waals surface area (Å²) >= 11 is 0. The Labute approximate surface area is 144 Å². The highest BCUT2D eigenvalue weighted by atomic mass is 19.2. The number of hydrogen-bond acceptors (Lipinski definition) is 2. The van der Waals surface area contributed by atoms with Gasteiger partial charge in [-0.3, -0.25) is 4.79 Å². The highest BCUT2D eigenvalue weighted by Gasteiger charge is 2.11. The molecule has 0 aromatic heterocycles.